The maximum atomic E-state index is 12.6. The molecule has 3 aromatic rings. The van der Waals surface area contributed by atoms with Gasteiger partial charge in [-0.25, -0.2) is 13.4 Å². The van der Waals surface area contributed by atoms with Crippen molar-refractivity contribution in [3.8, 4) is 0 Å². The molecule has 146 valence electrons. The van der Waals surface area contributed by atoms with E-state index in [-0.39, 0.29) is 10.8 Å². The van der Waals surface area contributed by atoms with Gasteiger partial charge in [-0.3, -0.25) is 9.52 Å². The van der Waals surface area contributed by atoms with Crippen LogP contribution in [0.25, 0.3) is 0 Å². The van der Waals surface area contributed by atoms with Gasteiger partial charge in [-0.2, -0.15) is 0 Å². The first-order chi connectivity index (χ1) is 13.2. The van der Waals surface area contributed by atoms with Gasteiger partial charge < -0.3 is 5.32 Å². The van der Waals surface area contributed by atoms with E-state index in [4.69, 9.17) is 0 Å². The fourth-order valence-corrected chi connectivity index (χ4v) is 4.31. The first-order valence-electron chi connectivity index (χ1n) is 8.64. The zero-order valence-electron chi connectivity index (χ0n) is 15.8. The summed E-state index contributed by atoms with van der Waals surface area (Å²) < 4.78 is 27.7. The lowest BCUT2D eigenvalue weighted by Gasteiger charge is -2.10. The second-order valence-electron chi connectivity index (χ2n) is 6.49. The van der Waals surface area contributed by atoms with Gasteiger partial charge in [0.05, 0.1) is 11.4 Å². The number of carbonyl (C=O) groups excluding carboxylic acids is 1. The molecule has 0 fully saturated rings. The Hall–Kier alpha value is -2.71. The third-order valence-electron chi connectivity index (χ3n) is 4.25. The van der Waals surface area contributed by atoms with Crippen molar-refractivity contribution >= 4 is 33.0 Å². The minimum atomic E-state index is -3.73. The van der Waals surface area contributed by atoms with E-state index in [1.807, 2.05) is 32.2 Å². The molecule has 28 heavy (non-hydrogen) atoms. The lowest BCUT2D eigenvalue weighted by atomic mass is 10.1. The Bertz CT molecular complexity index is 1100. The number of hydrogen-bond donors (Lipinski definition) is 2. The SMILES string of the molecule is Cc1csc(CNC(=O)c2ccc(S(=O)(=O)Nc3ccc(C)c(C)c3)cc2)n1. The largest absolute Gasteiger partial charge is 0.346 e. The van der Waals surface area contributed by atoms with E-state index in [9.17, 15) is 13.2 Å². The van der Waals surface area contributed by atoms with Crippen LogP contribution in [0.15, 0.2) is 52.7 Å². The monoisotopic (exact) mass is 415 g/mol. The van der Waals surface area contributed by atoms with E-state index in [0.717, 1.165) is 21.8 Å². The van der Waals surface area contributed by atoms with Gasteiger partial charge in [-0.15, -0.1) is 11.3 Å². The first kappa shape index (κ1) is 20.0. The molecule has 0 bridgehead atoms. The normalized spacial score (nSPS) is 11.2. The molecule has 0 radical (unpaired) electrons. The fourth-order valence-electron chi connectivity index (χ4n) is 2.55. The van der Waals surface area contributed by atoms with Gasteiger partial charge in [0.1, 0.15) is 5.01 Å². The number of carbonyl (C=O) groups is 1. The average molecular weight is 416 g/mol. The van der Waals surface area contributed by atoms with Gasteiger partial charge >= 0.3 is 0 Å². The highest BCUT2D eigenvalue weighted by Gasteiger charge is 2.15. The fraction of sp³-hybridized carbons (Fsp3) is 0.200. The smallest absolute Gasteiger partial charge is 0.261 e. The molecule has 0 spiro atoms. The zero-order valence-corrected chi connectivity index (χ0v) is 17.4. The van der Waals surface area contributed by atoms with Gasteiger partial charge in [0.25, 0.3) is 15.9 Å². The van der Waals surface area contributed by atoms with Gasteiger partial charge in [-0.05, 0) is 68.3 Å². The van der Waals surface area contributed by atoms with Crippen molar-refractivity contribution < 1.29 is 13.2 Å². The van der Waals surface area contributed by atoms with E-state index in [1.54, 1.807) is 12.1 Å². The molecule has 6 nitrogen and oxygen atoms in total. The molecular weight excluding hydrogens is 394 g/mol. The topological polar surface area (TPSA) is 88.2 Å². The van der Waals surface area contributed by atoms with E-state index in [0.29, 0.717) is 17.8 Å². The van der Waals surface area contributed by atoms with E-state index < -0.39 is 10.0 Å². The summed E-state index contributed by atoms with van der Waals surface area (Å²) in [6.07, 6.45) is 0. The van der Waals surface area contributed by atoms with Gasteiger partial charge in [-0.1, -0.05) is 6.07 Å². The number of aryl methyl sites for hydroxylation is 3. The Morgan fingerprint density at radius 2 is 1.75 bits per heavy atom. The molecule has 1 aromatic heterocycles. The second kappa shape index (κ2) is 8.12. The first-order valence-corrected chi connectivity index (χ1v) is 11.0. The number of nitrogens with one attached hydrogen (secondary N) is 2. The van der Waals surface area contributed by atoms with Gasteiger partial charge in [0.15, 0.2) is 0 Å². The Morgan fingerprint density at radius 1 is 1.04 bits per heavy atom. The molecule has 1 amide bonds. The van der Waals surface area contributed by atoms with Crippen molar-refractivity contribution in [2.24, 2.45) is 0 Å². The lowest BCUT2D eigenvalue weighted by molar-refractivity contribution is 0.0950. The predicted molar refractivity (Wildman–Crippen MR) is 111 cm³/mol. The van der Waals surface area contributed by atoms with Gasteiger partial charge in [0, 0.05) is 22.3 Å². The Balaban J connectivity index is 1.68. The quantitative estimate of drug-likeness (QED) is 0.641. The van der Waals surface area contributed by atoms with Crippen molar-refractivity contribution in [2.45, 2.75) is 32.2 Å². The van der Waals surface area contributed by atoms with E-state index in [2.05, 4.69) is 15.0 Å². The minimum absolute atomic E-state index is 0.0952. The highest BCUT2D eigenvalue weighted by atomic mass is 32.2. The maximum absolute atomic E-state index is 12.6. The summed E-state index contributed by atoms with van der Waals surface area (Å²) in [6, 6.07) is 11.2. The molecule has 8 heteroatoms. The number of rotatable bonds is 6. The molecule has 0 saturated carbocycles. The number of hydrogen-bond acceptors (Lipinski definition) is 5. The van der Waals surface area contributed by atoms with Crippen LogP contribution in [0.1, 0.15) is 32.2 Å². The molecule has 1 heterocycles. The van der Waals surface area contributed by atoms with Crippen LogP contribution in [-0.2, 0) is 16.6 Å². The zero-order chi connectivity index (χ0) is 20.3. The molecule has 2 N–H and O–H groups in total. The number of amides is 1. The molecule has 0 aliphatic rings. The van der Waals surface area contributed by atoms with E-state index in [1.165, 1.54) is 35.6 Å². The van der Waals surface area contributed by atoms with Crippen LogP contribution in [0, 0.1) is 20.8 Å². The molecule has 0 atom stereocenters. The van der Waals surface area contributed by atoms with Crippen molar-refractivity contribution in [3.63, 3.8) is 0 Å². The third kappa shape index (κ3) is 4.76. The van der Waals surface area contributed by atoms with Crippen LogP contribution >= 0.6 is 11.3 Å². The molecule has 0 aliphatic carbocycles. The van der Waals surface area contributed by atoms with Crippen LogP contribution in [0.4, 0.5) is 5.69 Å². The lowest BCUT2D eigenvalue weighted by Crippen LogP contribution is -2.22. The van der Waals surface area contributed by atoms with Crippen LogP contribution < -0.4 is 10.0 Å². The van der Waals surface area contributed by atoms with E-state index >= 15 is 0 Å². The van der Waals surface area contributed by atoms with Crippen LogP contribution in [0.5, 0.6) is 0 Å². The van der Waals surface area contributed by atoms with Crippen molar-refractivity contribution in [1.29, 1.82) is 0 Å². The second-order valence-corrected chi connectivity index (χ2v) is 9.12. The summed E-state index contributed by atoms with van der Waals surface area (Å²) in [5.74, 6) is -0.279. The third-order valence-corrected chi connectivity index (χ3v) is 6.62. The summed E-state index contributed by atoms with van der Waals surface area (Å²) >= 11 is 1.48. The van der Waals surface area contributed by atoms with Crippen molar-refractivity contribution in [2.75, 3.05) is 4.72 Å². The molecule has 0 aliphatic heterocycles. The Labute approximate surface area is 168 Å². The minimum Gasteiger partial charge on any atom is -0.346 e. The van der Waals surface area contributed by atoms with Crippen molar-refractivity contribution in [3.05, 3.63) is 75.2 Å². The molecule has 3 rings (SSSR count). The Kier molecular flexibility index (Phi) is 5.81. The summed E-state index contributed by atoms with van der Waals surface area (Å²) in [6.45, 7) is 6.12. The molecule has 0 saturated heterocycles. The average Bonchev–Trinajstić information content (AvgIpc) is 3.08. The molecular formula is C20H21N3O3S2. The Morgan fingerprint density at radius 3 is 2.36 bits per heavy atom. The summed E-state index contributed by atoms with van der Waals surface area (Å²) in [5, 5.41) is 5.52. The highest BCUT2D eigenvalue weighted by Crippen LogP contribution is 2.19. The predicted octanol–water partition coefficient (Wildman–Crippen LogP) is 3.80. The number of sulfonamides is 1. The van der Waals surface area contributed by atoms with Crippen LogP contribution in [-0.4, -0.2) is 19.3 Å². The van der Waals surface area contributed by atoms with Gasteiger partial charge in [0.2, 0.25) is 0 Å². The van der Waals surface area contributed by atoms with Crippen LogP contribution in [0.2, 0.25) is 0 Å². The number of thiazole rings is 1. The highest BCUT2D eigenvalue weighted by molar-refractivity contribution is 7.92. The summed E-state index contributed by atoms with van der Waals surface area (Å²) in [7, 11) is -3.73. The molecule has 2 aromatic carbocycles. The standard InChI is InChI=1S/C20H21N3O3S2/c1-13-4-7-17(10-14(13)2)23-28(25,26)18-8-5-16(6-9-18)20(24)21-11-19-22-15(3)12-27-19/h4-10,12,23H,11H2,1-3H3,(H,21,24). The van der Waals surface area contributed by atoms with Crippen molar-refractivity contribution in [1.82, 2.24) is 10.3 Å². The van der Waals surface area contributed by atoms with Crippen LogP contribution in [0.3, 0.4) is 0 Å². The summed E-state index contributed by atoms with van der Waals surface area (Å²) in [5.41, 5.74) is 3.90. The maximum Gasteiger partial charge on any atom is 0.261 e. The number of anilines is 1. The summed E-state index contributed by atoms with van der Waals surface area (Å²) in [4.78, 5) is 16.6. The number of nitrogens with zero attached hydrogens (tertiary/aromatic N) is 1. The number of benzene rings is 2. The molecule has 0 unspecified atom stereocenters. The number of aromatic nitrogens is 1.